The number of fused-ring (bicyclic) bond motifs is 1. The van der Waals surface area contributed by atoms with Gasteiger partial charge < -0.3 is 15.0 Å². The van der Waals surface area contributed by atoms with Gasteiger partial charge in [0, 0.05) is 25.3 Å². The molecule has 0 fully saturated rings. The predicted molar refractivity (Wildman–Crippen MR) is 120 cm³/mol. The number of carbonyl (C=O) groups excluding carboxylic acids is 1. The third-order valence-electron chi connectivity index (χ3n) is 5.21. The molecule has 0 aromatic heterocycles. The maximum atomic E-state index is 12.7. The fourth-order valence-corrected chi connectivity index (χ4v) is 4.43. The zero-order chi connectivity index (χ0) is 21.9. The van der Waals surface area contributed by atoms with E-state index in [0.717, 1.165) is 36.2 Å². The third kappa shape index (κ3) is 4.87. The predicted octanol–water partition coefficient (Wildman–Crippen LogP) is 2.68. The fourth-order valence-electron chi connectivity index (χ4n) is 3.53. The lowest BCUT2D eigenvalue weighted by atomic mass is 10.1. The standard InChI is InChI=1S/C22H29N3O4S/c1-5-24(6-2)18-10-8-17(9-11-18)14-23-22(26)21-15-25(30(4,27)28)19-13-16(3)7-12-20(19)29-21/h7-13,21H,5-6,14-15H2,1-4H3,(H,23,26)/t21-/m1/s1. The van der Waals surface area contributed by atoms with Gasteiger partial charge in [-0.3, -0.25) is 9.10 Å². The lowest BCUT2D eigenvalue weighted by Crippen LogP contribution is -2.50. The van der Waals surface area contributed by atoms with Crippen LogP contribution in [0.3, 0.4) is 0 Å². The van der Waals surface area contributed by atoms with Crippen LogP contribution in [0.5, 0.6) is 5.75 Å². The van der Waals surface area contributed by atoms with Gasteiger partial charge in [0.1, 0.15) is 5.75 Å². The van der Waals surface area contributed by atoms with Crippen LogP contribution in [0.4, 0.5) is 11.4 Å². The molecule has 162 valence electrons. The number of amides is 1. The van der Waals surface area contributed by atoms with Crippen LogP contribution in [0.15, 0.2) is 42.5 Å². The van der Waals surface area contributed by atoms with Gasteiger partial charge in [-0.2, -0.15) is 0 Å². The molecule has 0 radical (unpaired) electrons. The number of benzene rings is 2. The van der Waals surface area contributed by atoms with Gasteiger partial charge in [-0.1, -0.05) is 18.2 Å². The molecule has 2 aromatic rings. The molecule has 0 saturated carbocycles. The Morgan fingerprint density at radius 2 is 1.83 bits per heavy atom. The van der Waals surface area contributed by atoms with Crippen molar-refractivity contribution < 1.29 is 17.9 Å². The van der Waals surface area contributed by atoms with E-state index in [4.69, 9.17) is 4.74 Å². The first-order valence-electron chi connectivity index (χ1n) is 10.1. The molecule has 0 unspecified atom stereocenters. The maximum absolute atomic E-state index is 12.7. The number of hydrogen-bond acceptors (Lipinski definition) is 5. The first-order chi connectivity index (χ1) is 14.2. The van der Waals surface area contributed by atoms with Gasteiger partial charge in [-0.15, -0.1) is 0 Å². The van der Waals surface area contributed by atoms with Crippen molar-refractivity contribution in [1.29, 1.82) is 0 Å². The van der Waals surface area contributed by atoms with Gasteiger partial charge in [0.15, 0.2) is 6.10 Å². The molecule has 8 heteroatoms. The van der Waals surface area contributed by atoms with Crippen molar-refractivity contribution >= 4 is 27.3 Å². The lowest BCUT2D eigenvalue weighted by molar-refractivity contribution is -0.127. The van der Waals surface area contributed by atoms with Gasteiger partial charge >= 0.3 is 0 Å². The first-order valence-corrected chi connectivity index (χ1v) is 11.9. The molecule has 1 heterocycles. The largest absolute Gasteiger partial charge is 0.476 e. The van der Waals surface area contributed by atoms with E-state index in [0.29, 0.717) is 18.0 Å². The Balaban J connectivity index is 1.69. The van der Waals surface area contributed by atoms with E-state index in [-0.39, 0.29) is 12.5 Å². The summed E-state index contributed by atoms with van der Waals surface area (Å²) < 4.78 is 31.6. The molecule has 3 rings (SSSR count). The van der Waals surface area contributed by atoms with E-state index >= 15 is 0 Å². The van der Waals surface area contributed by atoms with Crippen molar-refractivity contribution in [2.24, 2.45) is 0 Å². The minimum Gasteiger partial charge on any atom is -0.476 e. The monoisotopic (exact) mass is 431 g/mol. The molecule has 0 aliphatic carbocycles. The molecule has 1 amide bonds. The Morgan fingerprint density at radius 1 is 1.17 bits per heavy atom. The summed E-state index contributed by atoms with van der Waals surface area (Å²) in [5.74, 6) is 0.0451. The highest BCUT2D eigenvalue weighted by atomic mass is 32.2. The first kappa shape index (κ1) is 22.0. The number of sulfonamides is 1. The molecule has 1 atom stereocenters. The van der Waals surface area contributed by atoms with Crippen molar-refractivity contribution in [1.82, 2.24) is 5.32 Å². The zero-order valence-electron chi connectivity index (χ0n) is 17.9. The molecular formula is C22H29N3O4S. The average Bonchev–Trinajstić information content (AvgIpc) is 2.72. The minimum absolute atomic E-state index is 0.0536. The number of ether oxygens (including phenoxy) is 1. The number of carbonyl (C=O) groups is 1. The molecule has 1 aliphatic heterocycles. The molecule has 0 bridgehead atoms. The number of hydrogen-bond donors (Lipinski definition) is 1. The van der Waals surface area contributed by atoms with Gasteiger partial charge in [-0.05, 0) is 56.2 Å². The summed E-state index contributed by atoms with van der Waals surface area (Å²) >= 11 is 0. The number of rotatable bonds is 7. The summed E-state index contributed by atoms with van der Waals surface area (Å²) in [4.78, 5) is 15.0. The van der Waals surface area contributed by atoms with E-state index in [9.17, 15) is 13.2 Å². The molecule has 7 nitrogen and oxygen atoms in total. The molecule has 0 saturated heterocycles. The van der Waals surface area contributed by atoms with Crippen LogP contribution in [-0.2, 0) is 21.4 Å². The Hall–Kier alpha value is -2.74. The van der Waals surface area contributed by atoms with E-state index in [1.54, 1.807) is 12.1 Å². The van der Waals surface area contributed by atoms with Crippen molar-refractivity contribution in [3.63, 3.8) is 0 Å². The van der Waals surface area contributed by atoms with E-state index in [1.165, 1.54) is 4.31 Å². The summed E-state index contributed by atoms with van der Waals surface area (Å²) in [6.07, 6.45) is 0.224. The minimum atomic E-state index is -3.54. The van der Waals surface area contributed by atoms with Crippen LogP contribution in [0, 0.1) is 6.92 Å². The number of anilines is 2. The normalized spacial score (nSPS) is 15.9. The van der Waals surface area contributed by atoms with Crippen molar-refractivity contribution in [2.75, 3.05) is 35.1 Å². The maximum Gasteiger partial charge on any atom is 0.263 e. The van der Waals surface area contributed by atoms with Gasteiger partial charge in [-0.25, -0.2) is 8.42 Å². The van der Waals surface area contributed by atoms with Gasteiger partial charge in [0.05, 0.1) is 18.5 Å². The number of aryl methyl sites for hydroxylation is 1. The second kappa shape index (κ2) is 8.95. The highest BCUT2D eigenvalue weighted by molar-refractivity contribution is 7.92. The third-order valence-corrected chi connectivity index (χ3v) is 6.35. The van der Waals surface area contributed by atoms with Crippen molar-refractivity contribution in [2.45, 2.75) is 33.4 Å². The molecule has 1 N–H and O–H groups in total. The molecule has 2 aromatic carbocycles. The fraction of sp³-hybridized carbons (Fsp3) is 0.409. The molecular weight excluding hydrogens is 402 g/mol. The smallest absolute Gasteiger partial charge is 0.263 e. The quantitative estimate of drug-likeness (QED) is 0.729. The van der Waals surface area contributed by atoms with Crippen LogP contribution >= 0.6 is 0 Å². The van der Waals surface area contributed by atoms with Gasteiger partial charge in [0.25, 0.3) is 5.91 Å². The second-order valence-corrected chi connectivity index (χ2v) is 9.34. The van der Waals surface area contributed by atoms with Crippen LogP contribution in [0.2, 0.25) is 0 Å². The Bertz CT molecular complexity index is 1000. The number of nitrogens with zero attached hydrogens (tertiary/aromatic N) is 2. The van der Waals surface area contributed by atoms with E-state index in [1.807, 2.05) is 37.3 Å². The van der Waals surface area contributed by atoms with Gasteiger partial charge in [0.2, 0.25) is 10.0 Å². The Labute approximate surface area is 178 Å². The average molecular weight is 432 g/mol. The summed E-state index contributed by atoms with van der Waals surface area (Å²) in [5.41, 5.74) is 3.49. The molecule has 30 heavy (non-hydrogen) atoms. The zero-order valence-corrected chi connectivity index (χ0v) is 18.7. The van der Waals surface area contributed by atoms with E-state index < -0.39 is 16.1 Å². The Kier molecular flexibility index (Phi) is 6.55. The topological polar surface area (TPSA) is 79.0 Å². The molecule has 0 spiro atoms. The summed E-state index contributed by atoms with van der Waals surface area (Å²) in [6.45, 7) is 8.26. The van der Waals surface area contributed by atoms with Crippen LogP contribution in [-0.4, -0.2) is 46.3 Å². The molecule has 1 aliphatic rings. The van der Waals surface area contributed by atoms with Crippen LogP contribution in [0.1, 0.15) is 25.0 Å². The summed E-state index contributed by atoms with van der Waals surface area (Å²) in [5, 5.41) is 2.86. The highest BCUT2D eigenvalue weighted by Gasteiger charge is 2.34. The Morgan fingerprint density at radius 3 is 2.43 bits per heavy atom. The van der Waals surface area contributed by atoms with E-state index in [2.05, 4.69) is 24.1 Å². The summed E-state index contributed by atoms with van der Waals surface area (Å²) in [6, 6.07) is 13.3. The lowest BCUT2D eigenvalue weighted by Gasteiger charge is -2.34. The number of nitrogens with one attached hydrogen (secondary N) is 1. The van der Waals surface area contributed by atoms with Crippen molar-refractivity contribution in [3.8, 4) is 5.75 Å². The van der Waals surface area contributed by atoms with Crippen LogP contribution in [0.25, 0.3) is 0 Å². The summed E-state index contributed by atoms with van der Waals surface area (Å²) in [7, 11) is -3.54. The SMILES string of the molecule is CCN(CC)c1ccc(CNC(=O)[C@H]2CN(S(C)(=O)=O)c3cc(C)ccc3O2)cc1. The van der Waals surface area contributed by atoms with Crippen LogP contribution < -0.4 is 19.3 Å². The second-order valence-electron chi connectivity index (χ2n) is 7.43. The highest BCUT2D eigenvalue weighted by Crippen LogP contribution is 2.35. The van der Waals surface area contributed by atoms with Crippen molar-refractivity contribution in [3.05, 3.63) is 53.6 Å².